The molecule has 6 heterocycles. The number of fused-ring (bicyclic) bond motifs is 1. The highest BCUT2D eigenvalue weighted by Crippen LogP contribution is 2.34. The Morgan fingerprint density at radius 3 is 2.67 bits per heavy atom. The number of carbonyl (C=O) groups is 1. The van der Waals surface area contributed by atoms with Crippen molar-refractivity contribution in [1.82, 2.24) is 49.0 Å². The van der Waals surface area contributed by atoms with Crippen LogP contribution in [0.1, 0.15) is 50.9 Å². The molecule has 1 unspecified atom stereocenters. The van der Waals surface area contributed by atoms with Gasteiger partial charge in [0.05, 0.1) is 37.9 Å². The maximum Gasteiger partial charge on any atom is 0.330 e. The predicted octanol–water partition coefficient (Wildman–Crippen LogP) is -0.736. The molecule has 0 spiro atoms. The van der Waals surface area contributed by atoms with E-state index in [2.05, 4.69) is 40.5 Å². The van der Waals surface area contributed by atoms with Gasteiger partial charge in [-0.05, 0) is 13.3 Å². The maximum atomic E-state index is 12.8. The molecule has 51 heavy (non-hydrogen) atoms. The number of ether oxygens (including phenoxy) is 4. The van der Waals surface area contributed by atoms with E-state index in [-0.39, 0.29) is 54.8 Å². The van der Waals surface area contributed by atoms with E-state index >= 15 is 0 Å². The smallest absolute Gasteiger partial charge is 0.330 e. The minimum Gasteiger partial charge on any atom is -0.387 e. The van der Waals surface area contributed by atoms with Crippen LogP contribution in [0.3, 0.4) is 0 Å². The molecule has 4 aromatic rings. The number of methoxy groups -OCH3 is 1. The largest absolute Gasteiger partial charge is 0.387 e. The molecule has 0 aromatic carbocycles. The Hall–Kier alpha value is -4.60. The average molecular weight is 714 g/mol. The molecule has 0 aliphatic carbocycles. The van der Waals surface area contributed by atoms with E-state index in [9.17, 15) is 24.3 Å². The van der Waals surface area contributed by atoms with Crippen molar-refractivity contribution in [2.45, 2.75) is 84.1 Å². The second kappa shape index (κ2) is 15.3. The number of carbonyl (C=O) groups excluding carboxylic acids is 1. The Balaban J connectivity index is 1.19. The van der Waals surface area contributed by atoms with Crippen LogP contribution in [0.2, 0.25) is 0 Å². The lowest BCUT2D eigenvalue weighted by Crippen LogP contribution is -2.48. The van der Waals surface area contributed by atoms with Crippen LogP contribution < -0.4 is 22.1 Å². The van der Waals surface area contributed by atoms with E-state index in [0.29, 0.717) is 37.3 Å². The molecule has 1 amide bonds. The normalized spacial score (nSPS) is 24.1. The molecule has 4 aromatic heterocycles. The number of aliphatic hydroxyl groups excluding tert-OH is 1. The number of hydrogen-bond donors (Lipinski definition) is 4. The number of aromatic nitrogens is 9. The quantitative estimate of drug-likeness (QED) is 0.125. The van der Waals surface area contributed by atoms with Gasteiger partial charge in [-0.2, -0.15) is 4.98 Å². The summed E-state index contributed by atoms with van der Waals surface area (Å²) in [6, 6.07) is 0. The van der Waals surface area contributed by atoms with Crippen LogP contribution in [0.15, 0.2) is 33.1 Å². The minimum atomic E-state index is -1.14. The van der Waals surface area contributed by atoms with Crippen molar-refractivity contribution in [3.63, 3.8) is 0 Å². The molecule has 2 aliphatic rings. The molecule has 20 nitrogen and oxygen atoms in total. The molecule has 0 radical (unpaired) electrons. The van der Waals surface area contributed by atoms with Gasteiger partial charge >= 0.3 is 5.69 Å². The second-order valence-corrected chi connectivity index (χ2v) is 13.0. The molecule has 2 aliphatic heterocycles. The van der Waals surface area contributed by atoms with Gasteiger partial charge in [0, 0.05) is 50.6 Å². The molecule has 0 saturated carbocycles. The topological polar surface area (TPSA) is 239 Å². The van der Waals surface area contributed by atoms with E-state index < -0.39 is 47.6 Å². The number of hydrogen-bond acceptors (Lipinski definition) is 14. The highest BCUT2D eigenvalue weighted by molar-refractivity contribution is 5.91. The fraction of sp³-hybridized carbons (Fsp3) is 0.613. The number of amides is 1. The number of anilines is 1. The molecular weight excluding hydrogens is 670 g/mol. The highest BCUT2D eigenvalue weighted by atomic mass is 16.6. The first kappa shape index (κ1) is 36.2. The summed E-state index contributed by atoms with van der Waals surface area (Å²) in [5, 5.41) is 22.7. The Bertz CT molecular complexity index is 2020. The van der Waals surface area contributed by atoms with Gasteiger partial charge in [0.15, 0.2) is 23.6 Å². The van der Waals surface area contributed by atoms with Gasteiger partial charge < -0.3 is 24.1 Å². The van der Waals surface area contributed by atoms with Crippen molar-refractivity contribution in [2.24, 2.45) is 5.92 Å². The van der Waals surface area contributed by atoms with Crippen LogP contribution in [0.5, 0.6) is 0 Å². The summed E-state index contributed by atoms with van der Waals surface area (Å²) in [7, 11) is 1.53. The van der Waals surface area contributed by atoms with Crippen molar-refractivity contribution < 1.29 is 28.8 Å². The Kier molecular flexibility index (Phi) is 10.9. The first-order valence-electron chi connectivity index (χ1n) is 16.8. The van der Waals surface area contributed by atoms with E-state index in [0.717, 1.165) is 0 Å². The molecule has 6 rings (SSSR count). The lowest BCUT2D eigenvalue weighted by molar-refractivity contribution is -0.125. The van der Waals surface area contributed by atoms with Gasteiger partial charge in [-0.3, -0.25) is 43.7 Å². The van der Waals surface area contributed by atoms with Gasteiger partial charge in [-0.1, -0.05) is 26.0 Å². The minimum absolute atomic E-state index is 0.0203. The van der Waals surface area contributed by atoms with E-state index in [1.165, 1.54) is 28.8 Å². The Morgan fingerprint density at radius 2 is 1.92 bits per heavy atom. The van der Waals surface area contributed by atoms with Crippen LogP contribution in [0.25, 0.3) is 11.2 Å². The highest BCUT2D eigenvalue weighted by Gasteiger charge is 2.46. The summed E-state index contributed by atoms with van der Waals surface area (Å²) in [4.78, 5) is 65.3. The molecule has 4 N–H and O–H groups in total. The molecule has 20 heteroatoms. The third kappa shape index (κ3) is 7.85. The number of imidazole rings is 1. The number of aromatic amines is 2. The summed E-state index contributed by atoms with van der Waals surface area (Å²) in [5.41, 5.74) is -0.331. The van der Waals surface area contributed by atoms with Crippen LogP contribution in [0, 0.1) is 12.8 Å². The molecule has 2 fully saturated rings. The average Bonchev–Trinajstić information content (AvgIpc) is 3.80. The van der Waals surface area contributed by atoms with Crippen LogP contribution >= 0.6 is 0 Å². The summed E-state index contributed by atoms with van der Waals surface area (Å²) in [6.45, 7) is 8.96. The SMILES string of the molecule is CC[C@@H]1CN(Cc2cn(C[C@H]3O[C@@H](n4cnc5c(=O)[nH]c(NC(=O)C(C)C)nc54)[C@@H](OCCOC)C3O)nn2)C[C@H](n2cc(C)c(=O)[nH]c2=O)O1. The van der Waals surface area contributed by atoms with Gasteiger partial charge in [0.2, 0.25) is 11.9 Å². The van der Waals surface area contributed by atoms with Crippen molar-refractivity contribution in [2.75, 3.05) is 38.7 Å². The third-order valence-electron chi connectivity index (χ3n) is 8.86. The lowest BCUT2D eigenvalue weighted by Gasteiger charge is -2.38. The molecule has 276 valence electrons. The van der Waals surface area contributed by atoms with Crippen molar-refractivity contribution >= 4 is 23.0 Å². The van der Waals surface area contributed by atoms with Gasteiger partial charge in [0.1, 0.15) is 18.3 Å². The molecule has 2 saturated heterocycles. The van der Waals surface area contributed by atoms with Crippen molar-refractivity contribution in [3.05, 3.63) is 61.2 Å². The number of aryl methyl sites for hydroxylation is 1. The van der Waals surface area contributed by atoms with Crippen LogP contribution in [0.4, 0.5) is 5.95 Å². The van der Waals surface area contributed by atoms with Gasteiger partial charge in [0.25, 0.3) is 11.1 Å². The second-order valence-electron chi connectivity index (χ2n) is 13.0. The fourth-order valence-corrected chi connectivity index (χ4v) is 6.09. The standard InChI is InChI=1S/C31H43N11O9/c1-6-19-12-39(14-21(50-19)41-9-17(4)27(45)36-31(41)47)10-18-11-40(38-37-18)13-20-23(43)24(49-8-7-48-5)29(51-20)42-15-32-22-25(42)33-30(35-28(22)46)34-26(44)16(2)3/h9,11,15-16,19-21,23-24,29,43H,6-8,10,12-14H2,1-5H3,(H,36,45,47)(H2,33,34,35,44,46)/t19-,20-,21-,23?,24+,29-/m1/s1. The van der Waals surface area contributed by atoms with Crippen molar-refractivity contribution in [1.29, 1.82) is 0 Å². The summed E-state index contributed by atoms with van der Waals surface area (Å²) >= 11 is 0. The zero-order chi connectivity index (χ0) is 36.4. The van der Waals surface area contributed by atoms with Gasteiger partial charge in [-0.15, -0.1) is 5.10 Å². The monoisotopic (exact) mass is 713 g/mol. The van der Waals surface area contributed by atoms with E-state index in [1.54, 1.807) is 31.6 Å². The maximum absolute atomic E-state index is 12.8. The number of morpholine rings is 1. The summed E-state index contributed by atoms with van der Waals surface area (Å²) < 4.78 is 28.1. The number of H-pyrrole nitrogens is 2. The van der Waals surface area contributed by atoms with E-state index in [1.807, 2.05) is 6.92 Å². The zero-order valence-corrected chi connectivity index (χ0v) is 29.0. The Labute approximate surface area is 290 Å². The fourth-order valence-electron chi connectivity index (χ4n) is 6.09. The molecular formula is C31H43N11O9. The summed E-state index contributed by atoms with van der Waals surface area (Å²) in [6.07, 6.45) is 0.785. The van der Waals surface area contributed by atoms with Crippen LogP contribution in [-0.2, 0) is 36.8 Å². The Morgan fingerprint density at radius 1 is 1.12 bits per heavy atom. The van der Waals surface area contributed by atoms with Crippen LogP contribution in [-0.4, -0.2) is 118 Å². The number of nitrogens with zero attached hydrogens (tertiary/aromatic N) is 8. The molecule has 0 bridgehead atoms. The van der Waals surface area contributed by atoms with Crippen molar-refractivity contribution in [3.8, 4) is 0 Å². The number of aliphatic hydroxyl groups is 1. The first-order valence-corrected chi connectivity index (χ1v) is 16.8. The summed E-state index contributed by atoms with van der Waals surface area (Å²) in [5.74, 6) is -0.729. The number of rotatable bonds is 13. The number of nitrogens with one attached hydrogen (secondary N) is 3. The lowest BCUT2D eigenvalue weighted by atomic mass is 10.1. The first-order chi connectivity index (χ1) is 24.4. The predicted molar refractivity (Wildman–Crippen MR) is 179 cm³/mol. The molecule has 6 atom stereocenters. The zero-order valence-electron chi connectivity index (χ0n) is 29.0. The van der Waals surface area contributed by atoms with Gasteiger partial charge in [-0.25, -0.2) is 14.5 Å². The van der Waals surface area contributed by atoms with E-state index in [4.69, 9.17) is 18.9 Å². The third-order valence-corrected chi connectivity index (χ3v) is 8.86.